The molecule has 220 valence electrons. The van der Waals surface area contributed by atoms with Crippen molar-refractivity contribution < 1.29 is 13.6 Å². The van der Waals surface area contributed by atoms with E-state index in [1.54, 1.807) is 18.3 Å². The summed E-state index contributed by atoms with van der Waals surface area (Å²) in [4.78, 5) is 27.0. The molecular formula is C31H34ClF2N7O. The number of carbonyl (C=O) groups excluding carboxylic acids is 1. The van der Waals surface area contributed by atoms with Gasteiger partial charge in [-0.05, 0) is 80.6 Å². The van der Waals surface area contributed by atoms with Crippen molar-refractivity contribution in [2.75, 3.05) is 18.4 Å². The Labute approximate surface area is 248 Å². The highest BCUT2D eigenvalue weighted by Gasteiger charge is 2.23. The zero-order valence-corrected chi connectivity index (χ0v) is 24.1. The summed E-state index contributed by atoms with van der Waals surface area (Å²) in [6, 6.07) is 9.34. The molecule has 11 heteroatoms. The Kier molecular flexibility index (Phi) is 8.62. The summed E-state index contributed by atoms with van der Waals surface area (Å²) in [5.74, 6) is -0.512. The molecule has 2 aromatic carbocycles. The minimum absolute atomic E-state index is 0.111. The van der Waals surface area contributed by atoms with Gasteiger partial charge in [0.05, 0.1) is 11.2 Å². The Morgan fingerprint density at radius 2 is 1.88 bits per heavy atom. The fraction of sp³-hybridized carbons (Fsp3) is 0.419. The summed E-state index contributed by atoms with van der Waals surface area (Å²) in [5, 5.41) is 10.2. The number of anilines is 1. The Morgan fingerprint density at radius 3 is 2.64 bits per heavy atom. The van der Waals surface area contributed by atoms with Gasteiger partial charge in [-0.1, -0.05) is 36.9 Å². The van der Waals surface area contributed by atoms with E-state index in [0.29, 0.717) is 57.1 Å². The van der Waals surface area contributed by atoms with Crippen LogP contribution in [0.15, 0.2) is 42.6 Å². The first kappa shape index (κ1) is 28.5. The minimum atomic E-state index is -0.899. The van der Waals surface area contributed by atoms with E-state index in [9.17, 15) is 13.6 Å². The second-order valence-corrected chi connectivity index (χ2v) is 11.7. The molecule has 4 aromatic rings. The summed E-state index contributed by atoms with van der Waals surface area (Å²) in [6.07, 6.45) is 9.34. The predicted molar refractivity (Wildman–Crippen MR) is 159 cm³/mol. The Bertz CT molecular complexity index is 1580. The number of fused-ring (bicyclic) bond motifs is 1. The first-order valence-electron chi connectivity index (χ1n) is 14.7. The first-order chi connectivity index (χ1) is 20.4. The van der Waals surface area contributed by atoms with Crippen LogP contribution < -0.4 is 16.0 Å². The lowest BCUT2D eigenvalue weighted by Crippen LogP contribution is -2.36. The molecule has 6 rings (SSSR count). The SMILES string of the molecule is O=C(NC1CCCCC1)c1ccc(-c2nc3cnc(NCc4ccc(F)c(F)c4)nc3n2CC2CCCNC2)c(Cl)c1. The third-order valence-corrected chi connectivity index (χ3v) is 8.49. The number of hydrogen-bond acceptors (Lipinski definition) is 6. The maximum absolute atomic E-state index is 13.7. The molecule has 1 atom stereocenters. The van der Waals surface area contributed by atoms with Crippen molar-refractivity contribution in [3.8, 4) is 11.4 Å². The monoisotopic (exact) mass is 593 g/mol. The van der Waals surface area contributed by atoms with Gasteiger partial charge in [-0.15, -0.1) is 0 Å². The van der Waals surface area contributed by atoms with Gasteiger partial charge in [0.25, 0.3) is 5.91 Å². The predicted octanol–water partition coefficient (Wildman–Crippen LogP) is 6.10. The third kappa shape index (κ3) is 6.39. The Morgan fingerprint density at radius 1 is 1.02 bits per heavy atom. The highest BCUT2D eigenvalue weighted by Crippen LogP contribution is 2.32. The Balaban J connectivity index is 1.29. The highest BCUT2D eigenvalue weighted by molar-refractivity contribution is 6.33. The highest BCUT2D eigenvalue weighted by atomic mass is 35.5. The van der Waals surface area contributed by atoms with Crippen LogP contribution in [-0.4, -0.2) is 44.6 Å². The molecule has 2 aromatic heterocycles. The molecule has 3 N–H and O–H groups in total. The molecule has 1 saturated heterocycles. The summed E-state index contributed by atoms with van der Waals surface area (Å²) in [5.41, 5.74) is 3.07. The number of carbonyl (C=O) groups is 1. The summed E-state index contributed by atoms with van der Waals surface area (Å²) < 4.78 is 29.1. The quantitative estimate of drug-likeness (QED) is 0.228. The van der Waals surface area contributed by atoms with E-state index in [0.717, 1.165) is 63.7 Å². The fourth-order valence-electron chi connectivity index (χ4n) is 5.90. The zero-order valence-electron chi connectivity index (χ0n) is 23.3. The number of amides is 1. The van der Waals surface area contributed by atoms with Gasteiger partial charge in [0, 0.05) is 30.3 Å². The number of imidazole rings is 1. The first-order valence-corrected chi connectivity index (χ1v) is 15.0. The van der Waals surface area contributed by atoms with Crippen molar-refractivity contribution >= 4 is 34.6 Å². The number of nitrogens with zero attached hydrogens (tertiary/aromatic N) is 4. The maximum atomic E-state index is 13.7. The summed E-state index contributed by atoms with van der Waals surface area (Å²) in [7, 11) is 0. The lowest BCUT2D eigenvalue weighted by molar-refractivity contribution is 0.0927. The van der Waals surface area contributed by atoms with E-state index in [-0.39, 0.29) is 18.5 Å². The molecule has 8 nitrogen and oxygen atoms in total. The molecule has 2 aliphatic rings. The van der Waals surface area contributed by atoms with E-state index < -0.39 is 11.6 Å². The van der Waals surface area contributed by atoms with Gasteiger partial charge in [-0.25, -0.2) is 18.7 Å². The average molecular weight is 594 g/mol. The van der Waals surface area contributed by atoms with Gasteiger partial charge in [-0.2, -0.15) is 4.98 Å². The van der Waals surface area contributed by atoms with E-state index in [2.05, 4.69) is 25.5 Å². The third-order valence-electron chi connectivity index (χ3n) is 8.17. The lowest BCUT2D eigenvalue weighted by Gasteiger charge is -2.24. The van der Waals surface area contributed by atoms with E-state index >= 15 is 0 Å². The van der Waals surface area contributed by atoms with Gasteiger partial charge in [-0.3, -0.25) is 4.79 Å². The average Bonchev–Trinajstić information content (AvgIpc) is 3.35. The van der Waals surface area contributed by atoms with Crippen LogP contribution in [0.4, 0.5) is 14.7 Å². The smallest absolute Gasteiger partial charge is 0.251 e. The van der Waals surface area contributed by atoms with Gasteiger partial charge < -0.3 is 20.5 Å². The normalized spacial score (nSPS) is 17.8. The molecule has 3 heterocycles. The van der Waals surface area contributed by atoms with Crippen molar-refractivity contribution in [1.29, 1.82) is 0 Å². The van der Waals surface area contributed by atoms with Crippen molar-refractivity contribution in [2.45, 2.75) is 64.1 Å². The molecular weight excluding hydrogens is 560 g/mol. The van der Waals surface area contributed by atoms with Crippen molar-refractivity contribution in [2.24, 2.45) is 5.92 Å². The standard InChI is InChI=1S/C31H34ClF2N7O/c32-24-14-21(30(42)38-22-6-2-1-3-7-22)9-10-23(24)28-39-27-17-37-31(36-16-19-8-11-25(33)26(34)13-19)40-29(27)41(28)18-20-5-4-12-35-15-20/h8-11,13-14,17,20,22,35H,1-7,12,15-16,18H2,(H,38,42)(H,36,37,40). The molecule has 1 aliphatic carbocycles. The molecule has 0 radical (unpaired) electrons. The van der Waals surface area contributed by atoms with E-state index in [1.807, 2.05) is 6.07 Å². The lowest BCUT2D eigenvalue weighted by atomic mass is 9.95. The minimum Gasteiger partial charge on any atom is -0.350 e. The van der Waals surface area contributed by atoms with E-state index in [4.69, 9.17) is 21.6 Å². The number of benzene rings is 2. The second kappa shape index (κ2) is 12.7. The van der Waals surface area contributed by atoms with Gasteiger partial charge >= 0.3 is 0 Å². The molecule has 0 bridgehead atoms. The maximum Gasteiger partial charge on any atom is 0.251 e. The number of halogens is 3. The number of hydrogen-bond donors (Lipinski definition) is 3. The fourth-order valence-corrected chi connectivity index (χ4v) is 6.17. The Hall–Kier alpha value is -3.63. The number of piperidine rings is 1. The van der Waals surface area contributed by atoms with Crippen LogP contribution in [0.5, 0.6) is 0 Å². The van der Waals surface area contributed by atoms with Crippen LogP contribution in [0.2, 0.25) is 5.02 Å². The topological polar surface area (TPSA) is 96.8 Å². The zero-order chi connectivity index (χ0) is 29.1. The molecule has 1 amide bonds. The van der Waals surface area contributed by atoms with Crippen molar-refractivity contribution in [3.05, 3.63) is 70.4 Å². The largest absolute Gasteiger partial charge is 0.350 e. The molecule has 2 fully saturated rings. The van der Waals surface area contributed by atoms with Crippen LogP contribution in [0.25, 0.3) is 22.6 Å². The summed E-state index contributed by atoms with van der Waals surface area (Å²) in [6.45, 7) is 2.80. The van der Waals surface area contributed by atoms with Crippen LogP contribution in [0, 0.1) is 17.6 Å². The number of nitrogens with one attached hydrogen (secondary N) is 3. The number of rotatable bonds is 8. The van der Waals surface area contributed by atoms with Gasteiger partial charge in [0.2, 0.25) is 5.95 Å². The van der Waals surface area contributed by atoms with Crippen LogP contribution >= 0.6 is 11.6 Å². The van der Waals surface area contributed by atoms with Gasteiger partial charge in [0.15, 0.2) is 17.3 Å². The van der Waals surface area contributed by atoms with Gasteiger partial charge in [0.1, 0.15) is 11.3 Å². The second-order valence-electron chi connectivity index (χ2n) is 11.3. The van der Waals surface area contributed by atoms with Crippen molar-refractivity contribution in [1.82, 2.24) is 30.2 Å². The molecule has 0 spiro atoms. The molecule has 1 aliphatic heterocycles. The summed E-state index contributed by atoms with van der Waals surface area (Å²) >= 11 is 6.81. The van der Waals surface area contributed by atoms with Crippen LogP contribution in [0.1, 0.15) is 60.9 Å². The van der Waals surface area contributed by atoms with E-state index in [1.165, 1.54) is 12.5 Å². The van der Waals surface area contributed by atoms with Crippen LogP contribution in [-0.2, 0) is 13.1 Å². The van der Waals surface area contributed by atoms with Crippen LogP contribution in [0.3, 0.4) is 0 Å². The molecule has 42 heavy (non-hydrogen) atoms. The molecule has 1 unspecified atom stereocenters. The number of aromatic nitrogens is 4. The molecule has 1 saturated carbocycles. The van der Waals surface area contributed by atoms with Crippen molar-refractivity contribution in [3.63, 3.8) is 0 Å².